The molecule has 0 aromatic heterocycles. The minimum absolute atomic E-state index is 0.576. The highest BCUT2D eigenvalue weighted by Crippen LogP contribution is 2.04. The Labute approximate surface area is 107 Å². The van der Waals surface area contributed by atoms with Gasteiger partial charge in [-0.25, -0.2) is 0 Å². The molecule has 0 rings (SSSR count). The highest BCUT2D eigenvalue weighted by atomic mass is 15.3. The van der Waals surface area contributed by atoms with Gasteiger partial charge in [-0.05, 0) is 27.7 Å². The Morgan fingerprint density at radius 3 is 1.59 bits per heavy atom. The molecule has 0 unspecified atom stereocenters. The van der Waals surface area contributed by atoms with E-state index in [1.54, 1.807) is 0 Å². The Morgan fingerprint density at radius 2 is 1.29 bits per heavy atom. The van der Waals surface area contributed by atoms with Crippen LogP contribution in [-0.4, -0.2) is 74.0 Å². The van der Waals surface area contributed by atoms with E-state index in [1.807, 2.05) is 28.2 Å². The molecule has 0 radical (unpaired) electrons. The van der Waals surface area contributed by atoms with Gasteiger partial charge in [-0.2, -0.15) is 0 Å². The molecule has 0 fully saturated rings. The minimum Gasteiger partial charge on any atom is -0.349 e. The SMILES string of the molecule is CC(C)N(CCN=C(N(C)C)N(C)C)C(C)C. The van der Waals surface area contributed by atoms with Gasteiger partial charge in [-0.1, -0.05) is 0 Å². The number of hydrogen-bond donors (Lipinski definition) is 0. The summed E-state index contributed by atoms with van der Waals surface area (Å²) in [4.78, 5) is 11.2. The van der Waals surface area contributed by atoms with Crippen LogP contribution in [0.5, 0.6) is 0 Å². The summed E-state index contributed by atoms with van der Waals surface area (Å²) >= 11 is 0. The second kappa shape index (κ2) is 7.54. The Balaban J connectivity index is 4.39. The summed E-state index contributed by atoms with van der Waals surface area (Å²) in [6.07, 6.45) is 0. The average molecular weight is 242 g/mol. The molecule has 0 atom stereocenters. The molecule has 17 heavy (non-hydrogen) atoms. The van der Waals surface area contributed by atoms with Gasteiger partial charge in [0.05, 0.1) is 6.54 Å². The molecule has 0 bridgehead atoms. The molecule has 0 aliphatic rings. The molecular weight excluding hydrogens is 212 g/mol. The maximum Gasteiger partial charge on any atom is 0.195 e. The van der Waals surface area contributed by atoms with Crippen molar-refractivity contribution in [1.82, 2.24) is 14.7 Å². The molecular formula is C13H30N4. The van der Waals surface area contributed by atoms with E-state index in [1.165, 1.54) is 0 Å². The third kappa shape index (κ3) is 5.91. The van der Waals surface area contributed by atoms with Crippen LogP contribution in [0.1, 0.15) is 27.7 Å². The van der Waals surface area contributed by atoms with E-state index >= 15 is 0 Å². The molecule has 0 aromatic carbocycles. The molecule has 0 amide bonds. The maximum atomic E-state index is 4.65. The summed E-state index contributed by atoms with van der Waals surface area (Å²) in [5.74, 6) is 1.03. The molecule has 4 nitrogen and oxygen atoms in total. The van der Waals surface area contributed by atoms with Crippen molar-refractivity contribution in [2.45, 2.75) is 39.8 Å². The lowest BCUT2D eigenvalue weighted by Gasteiger charge is -2.30. The highest BCUT2D eigenvalue weighted by molar-refractivity contribution is 5.79. The fourth-order valence-electron chi connectivity index (χ4n) is 2.06. The Morgan fingerprint density at radius 1 is 0.882 bits per heavy atom. The Bertz CT molecular complexity index is 214. The molecule has 102 valence electrons. The van der Waals surface area contributed by atoms with Gasteiger partial charge in [0.1, 0.15) is 0 Å². The molecule has 0 aromatic rings. The highest BCUT2D eigenvalue weighted by Gasteiger charge is 2.12. The summed E-state index contributed by atoms with van der Waals surface area (Å²) < 4.78 is 0. The van der Waals surface area contributed by atoms with E-state index in [2.05, 4.69) is 47.4 Å². The molecule has 0 N–H and O–H groups in total. The van der Waals surface area contributed by atoms with E-state index in [0.717, 1.165) is 19.0 Å². The lowest BCUT2D eigenvalue weighted by molar-refractivity contribution is 0.180. The number of guanidine groups is 1. The molecule has 0 saturated heterocycles. The fourth-order valence-corrected chi connectivity index (χ4v) is 2.06. The monoisotopic (exact) mass is 242 g/mol. The zero-order chi connectivity index (χ0) is 13.6. The lowest BCUT2D eigenvalue weighted by atomic mass is 10.2. The average Bonchev–Trinajstić information content (AvgIpc) is 2.14. The first kappa shape index (κ1) is 16.2. The van der Waals surface area contributed by atoms with E-state index in [9.17, 15) is 0 Å². The Kier molecular flexibility index (Phi) is 7.19. The van der Waals surface area contributed by atoms with E-state index < -0.39 is 0 Å². The number of aliphatic imine (C=N–C) groups is 1. The summed E-state index contributed by atoms with van der Waals surface area (Å²) in [5.41, 5.74) is 0. The van der Waals surface area contributed by atoms with Crippen LogP contribution < -0.4 is 0 Å². The molecule has 0 aliphatic heterocycles. The lowest BCUT2D eigenvalue weighted by Crippen LogP contribution is -2.40. The largest absolute Gasteiger partial charge is 0.349 e. The van der Waals surface area contributed by atoms with Crippen LogP contribution in [0, 0.1) is 0 Å². The van der Waals surface area contributed by atoms with Crippen LogP contribution in [-0.2, 0) is 0 Å². The van der Waals surface area contributed by atoms with Crippen LogP contribution in [0.25, 0.3) is 0 Å². The van der Waals surface area contributed by atoms with Crippen LogP contribution >= 0.6 is 0 Å². The molecule has 4 heteroatoms. The topological polar surface area (TPSA) is 22.1 Å². The molecule has 0 saturated carbocycles. The van der Waals surface area contributed by atoms with Gasteiger partial charge in [0, 0.05) is 46.8 Å². The smallest absolute Gasteiger partial charge is 0.195 e. The quantitative estimate of drug-likeness (QED) is 0.540. The second-order valence-corrected chi connectivity index (χ2v) is 5.40. The normalized spacial score (nSPS) is 11.2. The predicted molar refractivity (Wildman–Crippen MR) is 76.7 cm³/mol. The van der Waals surface area contributed by atoms with Crippen molar-refractivity contribution in [2.24, 2.45) is 4.99 Å². The maximum absolute atomic E-state index is 4.65. The standard InChI is InChI=1S/C13H30N4/c1-11(2)17(12(3)4)10-9-14-13(15(5)6)16(7)8/h11-12H,9-10H2,1-8H3. The van der Waals surface area contributed by atoms with E-state index in [0.29, 0.717) is 12.1 Å². The van der Waals surface area contributed by atoms with Crippen LogP contribution in [0.4, 0.5) is 0 Å². The minimum atomic E-state index is 0.576. The summed E-state index contributed by atoms with van der Waals surface area (Å²) in [6, 6.07) is 1.15. The van der Waals surface area contributed by atoms with Crippen molar-refractivity contribution < 1.29 is 0 Å². The van der Waals surface area contributed by atoms with Gasteiger partial charge >= 0.3 is 0 Å². The molecule has 0 heterocycles. The molecule has 0 aliphatic carbocycles. The van der Waals surface area contributed by atoms with Crippen molar-refractivity contribution in [3.8, 4) is 0 Å². The fraction of sp³-hybridized carbons (Fsp3) is 0.923. The van der Waals surface area contributed by atoms with Crippen molar-refractivity contribution in [3.05, 3.63) is 0 Å². The zero-order valence-electron chi connectivity index (χ0n) is 12.9. The molecule has 0 spiro atoms. The van der Waals surface area contributed by atoms with Crippen molar-refractivity contribution in [3.63, 3.8) is 0 Å². The summed E-state index contributed by atoms with van der Waals surface area (Å²) in [6.45, 7) is 10.8. The van der Waals surface area contributed by atoms with Crippen molar-refractivity contribution in [2.75, 3.05) is 41.3 Å². The van der Waals surface area contributed by atoms with Gasteiger partial charge in [-0.15, -0.1) is 0 Å². The van der Waals surface area contributed by atoms with Gasteiger partial charge in [-0.3, -0.25) is 9.89 Å². The Hall–Kier alpha value is -0.770. The van der Waals surface area contributed by atoms with Crippen LogP contribution in [0.15, 0.2) is 4.99 Å². The first-order chi connectivity index (χ1) is 7.77. The van der Waals surface area contributed by atoms with E-state index in [4.69, 9.17) is 0 Å². The first-order valence-corrected chi connectivity index (χ1v) is 6.42. The number of hydrogen-bond acceptors (Lipinski definition) is 2. The number of nitrogens with zero attached hydrogens (tertiary/aromatic N) is 4. The second-order valence-electron chi connectivity index (χ2n) is 5.40. The van der Waals surface area contributed by atoms with Crippen LogP contribution in [0.2, 0.25) is 0 Å². The van der Waals surface area contributed by atoms with Crippen molar-refractivity contribution in [1.29, 1.82) is 0 Å². The first-order valence-electron chi connectivity index (χ1n) is 6.42. The van der Waals surface area contributed by atoms with E-state index in [-0.39, 0.29) is 0 Å². The summed E-state index contributed by atoms with van der Waals surface area (Å²) in [5, 5.41) is 0. The van der Waals surface area contributed by atoms with Gasteiger partial charge < -0.3 is 9.80 Å². The third-order valence-electron chi connectivity index (χ3n) is 2.74. The number of rotatable bonds is 5. The summed E-state index contributed by atoms with van der Waals surface area (Å²) in [7, 11) is 8.12. The van der Waals surface area contributed by atoms with Crippen molar-refractivity contribution >= 4 is 5.96 Å². The van der Waals surface area contributed by atoms with Gasteiger partial charge in [0.25, 0.3) is 0 Å². The van der Waals surface area contributed by atoms with Crippen LogP contribution in [0.3, 0.4) is 0 Å². The van der Waals surface area contributed by atoms with Gasteiger partial charge in [0.15, 0.2) is 5.96 Å². The zero-order valence-corrected chi connectivity index (χ0v) is 12.9. The van der Waals surface area contributed by atoms with Gasteiger partial charge in [0.2, 0.25) is 0 Å². The third-order valence-corrected chi connectivity index (χ3v) is 2.74. The predicted octanol–water partition coefficient (Wildman–Crippen LogP) is 1.58.